The third-order valence-electron chi connectivity index (χ3n) is 9.02. The number of hydrogen-bond acceptors (Lipinski definition) is 8. The van der Waals surface area contributed by atoms with Gasteiger partial charge in [-0.25, -0.2) is 19.2 Å². The molecule has 5 heterocycles. The summed E-state index contributed by atoms with van der Waals surface area (Å²) in [5.41, 5.74) is 4.66. The Kier molecular flexibility index (Phi) is 8.41. The van der Waals surface area contributed by atoms with Crippen molar-refractivity contribution in [3.05, 3.63) is 94.8 Å². The van der Waals surface area contributed by atoms with Crippen molar-refractivity contribution in [3.63, 3.8) is 0 Å². The summed E-state index contributed by atoms with van der Waals surface area (Å²) in [5, 5.41) is 23.5. The number of likely N-dealkylation sites (tertiary alicyclic amines) is 1. The van der Waals surface area contributed by atoms with Gasteiger partial charge < -0.3 is 19.1 Å². The van der Waals surface area contributed by atoms with E-state index >= 15 is 0 Å². The Morgan fingerprint density at radius 2 is 1.96 bits per heavy atom. The van der Waals surface area contributed by atoms with Gasteiger partial charge in [-0.05, 0) is 68.8 Å². The van der Waals surface area contributed by atoms with E-state index in [4.69, 9.17) is 24.7 Å². The van der Waals surface area contributed by atoms with Gasteiger partial charge in [0.25, 0.3) is 0 Å². The number of pyridine rings is 1. The Morgan fingerprint density at radius 3 is 2.64 bits per heavy atom. The molecule has 1 N–H and O–H groups in total. The number of nitriles is 1. The molecule has 1 unspecified atom stereocenters. The minimum atomic E-state index is -0.996. The van der Waals surface area contributed by atoms with Gasteiger partial charge in [-0.2, -0.15) is 10.4 Å². The lowest BCUT2D eigenvalue weighted by molar-refractivity contribution is -0.0592. The normalized spacial score (nSPS) is 17.0. The number of ether oxygens (including phenoxy) is 2. The molecule has 1 atom stereocenters. The fourth-order valence-electron chi connectivity index (χ4n) is 6.32. The lowest BCUT2D eigenvalue weighted by Gasteiger charge is -2.32. The van der Waals surface area contributed by atoms with Crippen LogP contribution in [0.15, 0.2) is 60.8 Å². The molecule has 47 heavy (non-hydrogen) atoms. The molecule has 2 fully saturated rings. The van der Waals surface area contributed by atoms with Crippen molar-refractivity contribution in [2.75, 3.05) is 19.7 Å². The molecule has 12 heteroatoms. The molecular weight excluding hydrogens is 601 g/mol. The van der Waals surface area contributed by atoms with Gasteiger partial charge in [0.15, 0.2) is 0 Å². The van der Waals surface area contributed by atoms with E-state index in [0.717, 1.165) is 61.5 Å². The molecule has 0 aliphatic carbocycles. The number of hydrogen-bond donors (Lipinski definition) is 1. The number of carboxylic acids is 1. The van der Waals surface area contributed by atoms with Crippen molar-refractivity contribution < 1.29 is 23.8 Å². The first kappa shape index (κ1) is 30.5. The van der Waals surface area contributed by atoms with Crippen LogP contribution in [0.2, 0.25) is 0 Å². The summed E-state index contributed by atoms with van der Waals surface area (Å²) in [6.45, 7) is 3.65. The summed E-state index contributed by atoms with van der Waals surface area (Å²) in [4.78, 5) is 24.4. The molecule has 5 aromatic rings. The van der Waals surface area contributed by atoms with Crippen LogP contribution in [-0.2, 0) is 31.5 Å². The van der Waals surface area contributed by atoms with Crippen LogP contribution in [0.5, 0.6) is 5.88 Å². The minimum absolute atomic E-state index is 0.0232. The summed E-state index contributed by atoms with van der Waals surface area (Å²) in [7, 11) is 1.83. The fourth-order valence-corrected chi connectivity index (χ4v) is 6.32. The number of aromatic carboxylic acids is 1. The van der Waals surface area contributed by atoms with Gasteiger partial charge in [-0.1, -0.05) is 12.1 Å². The van der Waals surface area contributed by atoms with Gasteiger partial charge >= 0.3 is 5.97 Å². The first-order valence-electron chi connectivity index (χ1n) is 15.7. The Balaban J connectivity index is 1.08. The topological polar surface area (TPSA) is 131 Å². The second-order valence-corrected chi connectivity index (χ2v) is 12.1. The third kappa shape index (κ3) is 6.45. The minimum Gasteiger partial charge on any atom is -0.478 e. The highest BCUT2D eigenvalue weighted by Crippen LogP contribution is 2.33. The second kappa shape index (κ2) is 12.9. The lowest BCUT2D eigenvalue weighted by Crippen LogP contribution is -2.35. The Bertz CT molecular complexity index is 1990. The monoisotopic (exact) mass is 635 g/mol. The summed E-state index contributed by atoms with van der Waals surface area (Å²) in [5.74, 6) is 0.0845. The maximum absolute atomic E-state index is 14.3. The number of aromatic nitrogens is 5. The highest BCUT2D eigenvalue weighted by Gasteiger charge is 2.27. The number of piperidine rings is 1. The summed E-state index contributed by atoms with van der Waals surface area (Å²) in [6.07, 6.45) is 4.65. The molecule has 0 bridgehead atoms. The summed E-state index contributed by atoms with van der Waals surface area (Å²) in [6, 6.07) is 17.2. The SMILES string of the molecule is Cn1ccc(-c2cc(C(=O)O)cc3c2nc(CN2CCC(c4cccc(OCc5ccc(C#N)cc5F)n4)CC2)n3CC2CCO2)n1. The lowest BCUT2D eigenvalue weighted by atomic mass is 9.93. The number of carbonyl (C=O) groups is 1. The molecule has 240 valence electrons. The largest absolute Gasteiger partial charge is 0.478 e. The van der Waals surface area contributed by atoms with Crippen LogP contribution in [0.3, 0.4) is 0 Å². The number of imidazole rings is 1. The van der Waals surface area contributed by atoms with E-state index in [1.165, 1.54) is 6.07 Å². The van der Waals surface area contributed by atoms with Crippen LogP contribution in [-0.4, -0.2) is 66.1 Å². The van der Waals surface area contributed by atoms with Crippen LogP contribution >= 0.6 is 0 Å². The van der Waals surface area contributed by atoms with E-state index in [-0.39, 0.29) is 29.8 Å². The van der Waals surface area contributed by atoms with Gasteiger partial charge in [-0.3, -0.25) is 9.58 Å². The zero-order valence-electron chi connectivity index (χ0n) is 26.0. The highest BCUT2D eigenvalue weighted by molar-refractivity contribution is 5.99. The molecule has 0 amide bonds. The maximum atomic E-state index is 14.3. The van der Waals surface area contributed by atoms with Crippen molar-refractivity contribution in [3.8, 4) is 23.2 Å². The number of rotatable bonds is 10. The molecule has 0 saturated carbocycles. The van der Waals surface area contributed by atoms with Crippen molar-refractivity contribution in [1.29, 1.82) is 5.26 Å². The van der Waals surface area contributed by atoms with E-state index < -0.39 is 11.8 Å². The summed E-state index contributed by atoms with van der Waals surface area (Å²) < 4.78 is 29.8. The van der Waals surface area contributed by atoms with Crippen molar-refractivity contribution >= 4 is 17.0 Å². The average Bonchev–Trinajstić information content (AvgIpc) is 3.64. The van der Waals surface area contributed by atoms with Gasteiger partial charge in [-0.15, -0.1) is 0 Å². The first-order valence-corrected chi connectivity index (χ1v) is 15.7. The van der Waals surface area contributed by atoms with Gasteiger partial charge in [0.1, 0.15) is 18.2 Å². The number of fused-ring (bicyclic) bond motifs is 1. The summed E-state index contributed by atoms with van der Waals surface area (Å²) >= 11 is 0. The zero-order valence-corrected chi connectivity index (χ0v) is 26.0. The fraction of sp³-hybridized carbons (Fsp3) is 0.343. The molecule has 2 saturated heterocycles. The number of aryl methyl sites for hydroxylation is 1. The first-order chi connectivity index (χ1) is 22.8. The number of benzene rings is 2. The Morgan fingerprint density at radius 1 is 1.13 bits per heavy atom. The second-order valence-electron chi connectivity index (χ2n) is 12.1. The molecule has 11 nitrogen and oxygen atoms in total. The third-order valence-corrected chi connectivity index (χ3v) is 9.02. The smallest absolute Gasteiger partial charge is 0.335 e. The average molecular weight is 636 g/mol. The van der Waals surface area contributed by atoms with Crippen LogP contribution < -0.4 is 4.74 Å². The standard InChI is InChI=1S/C35H34FN7O4/c1-41-11-9-30(40-41)27-16-25(35(44)45)17-31-34(27)39-32(43(31)19-26-10-14-46-26)20-42-12-7-23(8-13-42)29-3-2-4-33(38-29)47-21-24-6-5-22(18-37)15-28(24)36/h2-6,9,11,15-17,23,26H,7-8,10,12-14,19-21H2,1H3,(H,44,45). The predicted molar refractivity (Wildman–Crippen MR) is 170 cm³/mol. The quantitative estimate of drug-likeness (QED) is 0.218. The molecule has 2 aliphatic heterocycles. The maximum Gasteiger partial charge on any atom is 0.335 e. The number of halogens is 1. The molecule has 7 rings (SSSR count). The van der Waals surface area contributed by atoms with Gasteiger partial charge in [0.05, 0.1) is 53.1 Å². The number of carboxylic acid groups (broad SMARTS) is 1. The molecule has 2 aliphatic rings. The van der Waals surface area contributed by atoms with Crippen LogP contribution in [0.25, 0.3) is 22.3 Å². The van der Waals surface area contributed by atoms with E-state index in [1.54, 1.807) is 35.0 Å². The van der Waals surface area contributed by atoms with Gasteiger partial charge in [0, 0.05) is 48.7 Å². The van der Waals surface area contributed by atoms with E-state index in [9.17, 15) is 14.3 Å². The van der Waals surface area contributed by atoms with E-state index in [0.29, 0.717) is 35.8 Å². The van der Waals surface area contributed by atoms with E-state index in [2.05, 4.69) is 14.6 Å². The van der Waals surface area contributed by atoms with Crippen molar-refractivity contribution in [2.24, 2.45) is 7.05 Å². The molecular formula is C35H34FN7O4. The molecule has 0 spiro atoms. The van der Waals surface area contributed by atoms with E-state index in [1.807, 2.05) is 37.5 Å². The molecule has 3 aromatic heterocycles. The predicted octanol–water partition coefficient (Wildman–Crippen LogP) is 5.29. The zero-order chi connectivity index (χ0) is 32.5. The van der Waals surface area contributed by atoms with Crippen molar-refractivity contribution in [2.45, 2.75) is 51.0 Å². The molecule has 0 radical (unpaired) electrons. The van der Waals surface area contributed by atoms with Crippen LogP contribution in [0, 0.1) is 17.1 Å². The van der Waals surface area contributed by atoms with Gasteiger partial charge in [0.2, 0.25) is 5.88 Å². The number of nitrogens with zero attached hydrogens (tertiary/aromatic N) is 7. The van der Waals surface area contributed by atoms with Crippen LogP contribution in [0.4, 0.5) is 4.39 Å². The van der Waals surface area contributed by atoms with Crippen LogP contribution in [0.1, 0.15) is 58.2 Å². The van der Waals surface area contributed by atoms with Crippen molar-refractivity contribution in [1.82, 2.24) is 29.2 Å². The Hall–Kier alpha value is -5.12. The Labute approximate surface area is 270 Å². The highest BCUT2D eigenvalue weighted by atomic mass is 19.1. The molecule has 2 aromatic carbocycles.